The molecule has 0 bridgehead atoms. The van der Waals surface area contributed by atoms with Gasteiger partial charge in [0.1, 0.15) is 0 Å². The maximum absolute atomic E-state index is 12.2. The van der Waals surface area contributed by atoms with E-state index in [0.717, 1.165) is 22.9 Å². The summed E-state index contributed by atoms with van der Waals surface area (Å²) < 4.78 is 0. The lowest BCUT2D eigenvalue weighted by atomic mass is 9.94. The van der Waals surface area contributed by atoms with Crippen molar-refractivity contribution in [2.45, 2.75) is 26.7 Å². The normalized spacial score (nSPS) is 12.6. The third-order valence-corrected chi connectivity index (χ3v) is 3.57. The summed E-state index contributed by atoms with van der Waals surface area (Å²) in [7, 11) is 0. The van der Waals surface area contributed by atoms with E-state index in [2.05, 4.69) is 24.1 Å². The molecule has 2 rings (SSSR count). The second-order valence-corrected chi connectivity index (χ2v) is 5.89. The molecule has 0 aliphatic heterocycles. The monoisotopic (exact) mass is 285 g/mol. The van der Waals surface area contributed by atoms with Crippen molar-refractivity contribution in [2.75, 3.05) is 11.9 Å². The zero-order valence-electron chi connectivity index (χ0n) is 12.7. The number of pyridine rings is 1. The van der Waals surface area contributed by atoms with Crippen LogP contribution in [0.25, 0.3) is 10.8 Å². The number of aromatic nitrogens is 1. The second kappa shape index (κ2) is 7.18. The van der Waals surface area contributed by atoms with E-state index in [0.29, 0.717) is 18.9 Å². The van der Waals surface area contributed by atoms with E-state index in [1.54, 1.807) is 12.4 Å². The summed E-state index contributed by atoms with van der Waals surface area (Å²) >= 11 is 0. The molecule has 4 heteroatoms. The molecule has 0 saturated carbocycles. The molecule has 1 aromatic carbocycles. The first-order chi connectivity index (χ1) is 10.1. The average molecular weight is 285 g/mol. The Morgan fingerprint density at radius 3 is 2.86 bits per heavy atom. The number of hydrogen-bond donors (Lipinski definition) is 2. The summed E-state index contributed by atoms with van der Waals surface area (Å²) in [6.07, 6.45) is 4.97. The Bertz CT molecular complexity index is 605. The Kier molecular flexibility index (Phi) is 5.28. The fourth-order valence-electron chi connectivity index (χ4n) is 2.62. The fraction of sp³-hybridized carbons (Fsp3) is 0.412. The number of hydrogen-bond acceptors (Lipinski definition) is 3. The van der Waals surface area contributed by atoms with Crippen LogP contribution in [0.1, 0.15) is 26.7 Å². The lowest BCUT2D eigenvalue weighted by Gasteiger charge is -2.17. The van der Waals surface area contributed by atoms with Gasteiger partial charge in [-0.1, -0.05) is 26.0 Å². The third-order valence-electron chi connectivity index (χ3n) is 3.57. The van der Waals surface area contributed by atoms with Gasteiger partial charge in [-0.2, -0.15) is 0 Å². The molecule has 112 valence electrons. The first-order valence-electron chi connectivity index (χ1n) is 7.42. The summed E-state index contributed by atoms with van der Waals surface area (Å²) in [5.41, 5.74) is 6.57. The van der Waals surface area contributed by atoms with Crippen LogP contribution in [0.5, 0.6) is 0 Å². The van der Waals surface area contributed by atoms with Crippen LogP contribution in [0.2, 0.25) is 0 Å². The van der Waals surface area contributed by atoms with E-state index in [1.807, 2.05) is 24.3 Å². The summed E-state index contributed by atoms with van der Waals surface area (Å²) in [5.74, 6) is 0.800. The first-order valence-corrected chi connectivity index (χ1v) is 7.42. The molecular formula is C17H23N3O. The molecule has 4 nitrogen and oxygen atoms in total. The van der Waals surface area contributed by atoms with Gasteiger partial charge in [0.2, 0.25) is 5.91 Å². The maximum Gasteiger partial charge on any atom is 0.224 e. The third kappa shape index (κ3) is 4.26. The van der Waals surface area contributed by atoms with Gasteiger partial charge in [0.15, 0.2) is 0 Å². The van der Waals surface area contributed by atoms with E-state index >= 15 is 0 Å². The molecule has 0 aliphatic carbocycles. The molecular weight excluding hydrogens is 262 g/mol. The van der Waals surface area contributed by atoms with Crippen LogP contribution >= 0.6 is 0 Å². The van der Waals surface area contributed by atoms with Crippen LogP contribution in [0, 0.1) is 11.8 Å². The van der Waals surface area contributed by atoms with E-state index in [1.165, 1.54) is 0 Å². The molecule has 3 N–H and O–H groups in total. The highest BCUT2D eigenvalue weighted by atomic mass is 16.1. The predicted molar refractivity (Wildman–Crippen MR) is 87.0 cm³/mol. The molecule has 0 aliphatic rings. The number of carbonyl (C=O) groups excluding carboxylic acids is 1. The number of carbonyl (C=O) groups is 1. The van der Waals surface area contributed by atoms with Crippen LogP contribution in [0.15, 0.2) is 36.7 Å². The number of nitrogens with two attached hydrogens (primary N) is 1. The summed E-state index contributed by atoms with van der Waals surface area (Å²) in [6.45, 7) is 4.84. The van der Waals surface area contributed by atoms with Gasteiger partial charge >= 0.3 is 0 Å². The van der Waals surface area contributed by atoms with Crippen LogP contribution in [0.4, 0.5) is 5.69 Å². The number of fused-ring (bicyclic) bond motifs is 1. The largest absolute Gasteiger partial charge is 0.330 e. The van der Waals surface area contributed by atoms with Gasteiger partial charge in [0, 0.05) is 24.2 Å². The van der Waals surface area contributed by atoms with Gasteiger partial charge in [-0.25, -0.2) is 0 Å². The minimum atomic E-state index is 0.0162. The molecule has 0 saturated heterocycles. The Morgan fingerprint density at radius 1 is 1.33 bits per heavy atom. The summed E-state index contributed by atoms with van der Waals surface area (Å²) in [4.78, 5) is 16.3. The summed E-state index contributed by atoms with van der Waals surface area (Å²) in [6, 6.07) is 7.79. The van der Waals surface area contributed by atoms with Crippen molar-refractivity contribution < 1.29 is 4.79 Å². The standard InChI is InChI=1S/C17H23N3O/c1-12(2)8-13(10-18)9-17(21)20-16-5-3-4-14-6-7-19-11-15(14)16/h3-7,11-13H,8-10,18H2,1-2H3,(H,20,21)/t13-/m0/s1. The fourth-order valence-corrected chi connectivity index (χ4v) is 2.62. The van der Waals surface area contributed by atoms with Crippen molar-refractivity contribution in [3.05, 3.63) is 36.7 Å². The molecule has 0 unspecified atom stereocenters. The Hall–Kier alpha value is -1.94. The van der Waals surface area contributed by atoms with Crippen molar-refractivity contribution >= 4 is 22.4 Å². The number of nitrogens with one attached hydrogen (secondary N) is 1. The van der Waals surface area contributed by atoms with Crippen LogP contribution in [-0.2, 0) is 4.79 Å². The van der Waals surface area contributed by atoms with Crippen molar-refractivity contribution in [3.63, 3.8) is 0 Å². The number of rotatable bonds is 6. The zero-order valence-corrected chi connectivity index (χ0v) is 12.7. The Morgan fingerprint density at radius 2 is 2.14 bits per heavy atom. The minimum Gasteiger partial charge on any atom is -0.330 e. The maximum atomic E-state index is 12.2. The van der Waals surface area contributed by atoms with Gasteiger partial charge in [-0.3, -0.25) is 9.78 Å². The molecule has 1 atom stereocenters. The Balaban J connectivity index is 2.07. The molecule has 1 aromatic heterocycles. The predicted octanol–water partition coefficient (Wildman–Crippen LogP) is 3.18. The van der Waals surface area contributed by atoms with E-state index < -0.39 is 0 Å². The summed E-state index contributed by atoms with van der Waals surface area (Å²) in [5, 5.41) is 5.02. The zero-order chi connectivity index (χ0) is 15.2. The van der Waals surface area contributed by atoms with Crippen LogP contribution in [-0.4, -0.2) is 17.4 Å². The minimum absolute atomic E-state index is 0.0162. The van der Waals surface area contributed by atoms with Crippen molar-refractivity contribution in [1.29, 1.82) is 0 Å². The molecule has 0 fully saturated rings. The quantitative estimate of drug-likeness (QED) is 0.856. The molecule has 2 aromatic rings. The van der Waals surface area contributed by atoms with E-state index in [-0.39, 0.29) is 11.8 Å². The highest BCUT2D eigenvalue weighted by Gasteiger charge is 2.14. The molecule has 1 amide bonds. The van der Waals surface area contributed by atoms with Gasteiger partial charge in [0.05, 0.1) is 5.69 Å². The highest BCUT2D eigenvalue weighted by Crippen LogP contribution is 2.23. The van der Waals surface area contributed by atoms with Gasteiger partial charge in [-0.05, 0) is 42.3 Å². The molecule has 1 heterocycles. The highest BCUT2D eigenvalue weighted by molar-refractivity contribution is 6.01. The number of benzene rings is 1. The molecule has 21 heavy (non-hydrogen) atoms. The Labute approximate surface area is 125 Å². The smallest absolute Gasteiger partial charge is 0.224 e. The average Bonchev–Trinajstić information content (AvgIpc) is 2.46. The van der Waals surface area contributed by atoms with Gasteiger partial charge in [-0.15, -0.1) is 0 Å². The van der Waals surface area contributed by atoms with E-state index in [9.17, 15) is 4.79 Å². The van der Waals surface area contributed by atoms with Crippen LogP contribution < -0.4 is 11.1 Å². The topological polar surface area (TPSA) is 68.0 Å². The van der Waals surface area contributed by atoms with Gasteiger partial charge in [0.25, 0.3) is 0 Å². The van der Waals surface area contributed by atoms with Gasteiger partial charge < -0.3 is 11.1 Å². The number of nitrogens with zero attached hydrogens (tertiary/aromatic N) is 1. The van der Waals surface area contributed by atoms with Crippen molar-refractivity contribution in [2.24, 2.45) is 17.6 Å². The SMILES string of the molecule is CC(C)C[C@H](CN)CC(=O)Nc1cccc2ccncc12. The molecule has 0 spiro atoms. The second-order valence-electron chi connectivity index (χ2n) is 5.89. The lowest BCUT2D eigenvalue weighted by Crippen LogP contribution is -2.23. The first kappa shape index (κ1) is 15.4. The lowest BCUT2D eigenvalue weighted by molar-refractivity contribution is -0.117. The molecule has 0 radical (unpaired) electrons. The number of anilines is 1. The van der Waals surface area contributed by atoms with Crippen molar-refractivity contribution in [3.8, 4) is 0 Å². The van der Waals surface area contributed by atoms with Crippen LogP contribution in [0.3, 0.4) is 0 Å². The van der Waals surface area contributed by atoms with E-state index in [4.69, 9.17) is 5.73 Å². The van der Waals surface area contributed by atoms with Crippen molar-refractivity contribution in [1.82, 2.24) is 4.98 Å². The number of amides is 1.